The number of amides is 1. The van der Waals surface area contributed by atoms with Gasteiger partial charge in [-0.2, -0.15) is 0 Å². The van der Waals surface area contributed by atoms with Crippen LogP contribution in [0.1, 0.15) is 47.0 Å². The van der Waals surface area contributed by atoms with E-state index in [0.29, 0.717) is 0 Å². The van der Waals surface area contributed by atoms with Crippen molar-refractivity contribution in [1.82, 2.24) is 4.90 Å². The summed E-state index contributed by atoms with van der Waals surface area (Å²) in [6.45, 7) is 7.67. The number of likely N-dealkylation sites (tertiary alicyclic amines) is 1. The Bertz CT molecular complexity index is 288. The fraction of sp³-hybridized carbons (Fsp3) is 0.923. The molecule has 0 aromatic heterocycles. The standard InChI is InChI=1S/C13H26N2O3/c1-9-6-5-7-10(11(16)8-14)15(9)12(17)18-13(2,3)4/h9-11,16H,5-8,14H2,1-4H3/t9-,10+,11-/m0/s1. The number of piperidine rings is 1. The maximum absolute atomic E-state index is 12.2. The van der Waals surface area contributed by atoms with Crippen LogP contribution >= 0.6 is 0 Å². The van der Waals surface area contributed by atoms with Crippen LogP contribution in [0.15, 0.2) is 0 Å². The molecule has 5 nitrogen and oxygen atoms in total. The average Bonchev–Trinajstić information content (AvgIpc) is 2.25. The number of carbonyl (C=O) groups is 1. The van der Waals surface area contributed by atoms with E-state index in [-0.39, 0.29) is 24.7 Å². The molecule has 106 valence electrons. The minimum atomic E-state index is -0.680. The summed E-state index contributed by atoms with van der Waals surface area (Å²) in [6, 6.07) is -0.145. The summed E-state index contributed by atoms with van der Waals surface area (Å²) in [5, 5.41) is 9.94. The van der Waals surface area contributed by atoms with E-state index < -0.39 is 11.7 Å². The lowest BCUT2D eigenvalue weighted by Gasteiger charge is -2.42. The highest BCUT2D eigenvalue weighted by molar-refractivity contribution is 5.69. The summed E-state index contributed by atoms with van der Waals surface area (Å²) < 4.78 is 5.41. The smallest absolute Gasteiger partial charge is 0.410 e. The van der Waals surface area contributed by atoms with Crippen molar-refractivity contribution >= 4 is 6.09 Å². The fourth-order valence-corrected chi connectivity index (χ4v) is 2.39. The molecule has 1 aliphatic rings. The molecule has 1 saturated heterocycles. The van der Waals surface area contributed by atoms with Crippen LogP contribution in [0.25, 0.3) is 0 Å². The number of ether oxygens (including phenoxy) is 1. The van der Waals surface area contributed by atoms with Crippen LogP contribution in [0, 0.1) is 0 Å². The monoisotopic (exact) mass is 258 g/mol. The van der Waals surface area contributed by atoms with Gasteiger partial charge in [0, 0.05) is 12.6 Å². The molecular formula is C13H26N2O3. The SMILES string of the molecule is C[C@H]1CCC[C@H]([C@@H](O)CN)N1C(=O)OC(C)(C)C. The number of nitrogens with zero attached hydrogens (tertiary/aromatic N) is 1. The lowest BCUT2D eigenvalue weighted by molar-refractivity contribution is -0.0294. The van der Waals surface area contributed by atoms with Crippen LogP contribution < -0.4 is 5.73 Å². The van der Waals surface area contributed by atoms with E-state index in [1.807, 2.05) is 27.7 Å². The third kappa shape index (κ3) is 3.85. The average molecular weight is 258 g/mol. The summed E-state index contributed by atoms with van der Waals surface area (Å²) >= 11 is 0. The second-order valence-electron chi connectivity index (χ2n) is 6.04. The molecule has 3 atom stereocenters. The van der Waals surface area contributed by atoms with Gasteiger partial charge in [-0.05, 0) is 47.0 Å². The van der Waals surface area contributed by atoms with E-state index in [9.17, 15) is 9.90 Å². The van der Waals surface area contributed by atoms with Crippen molar-refractivity contribution in [2.45, 2.75) is 70.7 Å². The van der Waals surface area contributed by atoms with Crippen LogP contribution in [0.5, 0.6) is 0 Å². The number of rotatable bonds is 2. The van der Waals surface area contributed by atoms with Gasteiger partial charge in [0.2, 0.25) is 0 Å². The molecule has 1 heterocycles. The van der Waals surface area contributed by atoms with Crippen molar-refractivity contribution < 1.29 is 14.6 Å². The molecule has 5 heteroatoms. The van der Waals surface area contributed by atoms with Gasteiger partial charge in [-0.3, -0.25) is 4.90 Å². The maximum atomic E-state index is 12.2. The fourth-order valence-electron chi connectivity index (χ4n) is 2.39. The first-order valence-electron chi connectivity index (χ1n) is 6.65. The minimum absolute atomic E-state index is 0.0831. The quantitative estimate of drug-likeness (QED) is 0.786. The maximum Gasteiger partial charge on any atom is 0.410 e. The number of hydrogen-bond donors (Lipinski definition) is 2. The summed E-state index contributed by atoms with van der Waals surface area (Å²) in [6.07, 6.45) is 1.68. The van der Waals surface area contributed by atoms with E-state index in [1.54, 1.807) is 4.90 Å². The lowest BCUT2D eigenvalue weighted by Crippen LogP contribution is -2.56. The number of carbonyl (C=O) groups excluding carboxylic acids is 1. The van der Waals surface area contributed by atoms with Crippen molar-refractivity contribution in [3.63, 3.8) is 0 Å². The van der Waals surface area contributed by atoms with E-state index in [4.69, 9.17) is 10.5 Å². The highest BCUT2D eigenvalue weighted by atomic mass is 16.6. The summed E-state index contributed by atoms with van der Waals surface area (Å²) in [5.74, 6) is 0. The van der Waals surface area contributed by atoms with Crippen LogP contribution in [0.3, 0.4) is 0 Å². The Kier molecular flexibility index (Phi) is 4.99. The Morgan fingerprint density at radius 2 is 2.11 bits per heavy atom. The molecule has 0 radical (unpaired) electrons. The van der Waals surface area contributed by atoms with Crippen LogP contribution in [-0.4, -0.2) is 46.4 Å². The zero-order valence-electron chi connectivity index (χ0n) is 11.8. The minimum Gasteiger partial charge on any atom is -0.444 e. The van der Waals surface area contributed by atoms with E-state index >= 15 is 0 Å². The Balaban J connectivity index is 2.81. The van der Waals surface area contributed by atoms with E-state index in [1.165, 1.54) is 0 Å². The molecule has 0 aromatic rings. The van der Waals surface area contributed by atoms with E-state index in [2.05, 4.69) is 0 Å². The van der Waals surface area contributed by atoms with Gasteiger partial charge in [0.05, 0.1) is 12.1 Å². The molecule has 3 N–H and O–H groups in total. The molecule has 1 fully saturated rings. The zero-order chi connectivity index (χ0) is 13.9. The van der Waals surface area contributed by atoms with Gasteiger partial charge in [-0.1, -0.05) is 0 Å². The van der Waals surface area contributed by atoms with Gasteiger partial charge in [-0.15, -0.1) is 0 Å². The van der Waals surface area contributed by atoms with Crippen molar-refractivity contribution in [3.05, 3.63) is 0 Å². The molecule has 1 rings (SSSR count). The van der Waals surface area contributed by atoms with Gasteiger partial charge in [0.15, 0.2) is 0 Å². The molecule has 0 spiro atoms. The summed E-state index contributed by atoms with van der Waals surface area (Å²) in [4.78, 5) is 13.9. The number of aliphatic hydroxyl groups is 1. The van der Waals surface area contributed by atoms with Crippen LogP contribution in [-0.2, 0) is 4.74 Å². The Labute approximate surface area is 109 Å². The molecule has 18 heavy (non-hydrogen) atoms. The second-order valence-corrected chi connectivity index (χ2v) is 6.04. The number of aliphatic hydroxyl groups excluding tert-OH is 1. The molecule has 1 aliphatic heterocycles. The van der Waals surface area contributed by atoms with E-state index in [0.717, 1.165) is 19.3 Å². The van der Waals surface area contributed by atoms with Crippen molar-refractivity contribution in [1.29, 1.82) is 0 Å². The van der Waals surface area contributed by atoms with Gasteiger partial charge in [0.1, 0.15) is 5.60 Å². The van der Waals surface area contributed by atoms with Crippen molar-refractivity contribution in [2.24, 2.45) is 5.73 Å². The van der Waals surface area contributed by atoms with Gasteiger partial charge in [0.25, 0.3) is 0 Å². The molecule has 0 aromatic carbocycles. The first kappa shape index (κ1) is 15.2. The number of nitrogens with two attached hydrogens (primary N) is 1. The first-order chi connectivity index (χ1) is 8.26. The predicted octanol–water partition coefficient (Wildman–Crippen LogP) is 1.48. The molecule has 0 bridgehead atoms. The molecule has 1 amide bonds. The Morgan fingerprint density at radius 3 is 2.61 bits per heavy atom. The van der Waals surface area contributed by atoms with Crippen LogP contribution in [0.4, 0.5) is 4.79 Å². The predicted molar refractivity (Wildman–Crippen MR) is 70.2 cm³/mol. The molecule has 0 saturated carbocycles. The summed E-state index contributed by atoms with van der Waals surface area (Å²) in [7, 11) is 0. The normalized spacial score (nSPS) is 26.9. The zero-order valence-corrected chi connectivity index (χ0v) is 11.8. The van der Waals surface area contributed by atoms with Crippen molar-refractivity contribution in [2.75, 3.05) is 6.54 Å². The molecule has 0 unspecified atom stereocenters. The van der Waals surface area contributed by atoms with Crippen LogP contribution in [0.2, 0.25) is 0 Å². The van der Waals surface area contributed by atoms with Gasteiger partial charge >= 0.3 is 6.09 Å². The highest BCUT2D eigenvalue weighted by Crippen LogP contribution is 2.26. The van der Waals surface area contributed by atoms with Gasteiger partial charge in [-0.25, -0.2) is 4.79 Å². The van der Waals surface area contributed by atoms with Gasteiger partial charge < -0.3 is 15.6 Å². The Hall–Kier alpha value is -0.810. The first-order valence-corrected chi connectivity index (χ1v) is 6.65. The van der Waals surface area contributed by atoms with Crippen molar-refractivity contribution in [3.8, 4) is 0 Å². The third-order valence-corrected chi connectivity index (χ3v) is 3.24. The summed E-state index contributed by atoms with van der Waals surface area (Å²) in [5.41, 5.74) is 4.99. The molecule has 0 aliphatic carbocycles. The third-order valence-electron chi connectivity index (χ3n) is 3.24. The topological polar surface area (TPSA) is 75.8 Å². The largest absolute Gasteiger partial charge is 0.444 e. The second kappa shape index (κ2) is 5.89. The Morgan fingerprint density at radius 1 is 1.50 bits per heavy atom. The highest BCUT2D eigenvalue weighted by Gasteiger charge is 2.37. The lowest BCUT2D eigenvalue weighted by atomic mass is 9.93. The number of hydrogen-bond acceptors (Lipinski definition) is 4. The molecular weight excluding hydrogens is 232 g/mol.